The van der Waals surface area contributed by atoms with Crippen LogP contribution in [0.25, 0.3) is 10.9 Å². The number of hydrogen-bond donors (Lipinski definition) is 3. The summed E-state index contributed by atoms with van der Waals surface area (Å²) in [6.45, 7) is 0. The van der Waals surface area contributed by atoms with E-state index in [-0.39, 0.29) is 5.75 Å². The fourth-order valence-corrected chi connectivity index (χ4v) is 2.75. The maximum atomic E-state index is 9.65. The van der Waals surface area contributed by atoms with E-state index in [1.54, 1.807) is 25.3 Å². The van der Waals surface area contributed by atoms with Gasteiger partial charge in [-0.3, -0.25) is 0 Å². The second-order valence-corrected chi connectivity index (χ2v) is 5.94. The molecule has 0 saturated heterocycles. The van der Waals surface area contributed by atoms with Gasteiger partial charge in [0.25, 0.3) is 0 Å². The first-order valence-corrected chi connectivity index (χ1v) is 8.45. The number of aromatic hydroxyl groups is 1. The number of nitrogens with zero attached hydrogens (tertiary/aromatic N) is 2. The Labute approximate surface area is 156 Å². The molecule has 0 saturated carbocycles. The molecule has 0 radical (unpaired) electrons. The number of fused-ring (bicyclic) bond motifs is 1. The van der Waals surface area contributed by atoms with Crippen molar-refractivity contribution in [2.75, 3.05) is 17.7 Å². The van der Waals surface area contributed by atoms with Crippen LogP contribution < -0.4 is 15.4 Å². The molecule has 3 aromatic carbocycles. The fraction of sp³-hybridized carbons (Fsp3) is 0.0476. The average Bonchev–Trinajstić information content (AvgIpc) is 2.69. The Kier molecular flexibility index (Phi) is 4.45. The van der Waals surface area contributed by atoms with E-state index in [0.717, 1.165) is 22.3 Å². The highest BCUT2D eigenvalue weighted by molar-refractivity contribution is 5.92. The Morgan fingerprint density at radius 3 is 2.41 bits per heavy atom. The molecule has 0 fully saturated rings. The minimum absolute atomic E-state index is 0.178. The molecule has 0 aliphatic carbocycles. The Morgan fingerprint density at radius 1 is 0.815 bits per heavy atom. The lowest BCUT2D eigenvalue weighted by atomic mass is 10.2. The highest BCUT2D eigenvalue weighted by atomic mass is 16.5. The number of aromatic nitrogens is 2. The first-order valence-electron chi connectivity index (χ1n) is 8.45. The lowest BCUT2D eigenvalue weighted by Crippen LogP contribution is -2.02. The van der Waals surface area contributed by atoms with Crippen molar-refractivity contribution >= 4 is 34.0 Å². The van der Waals surface area contributed by atoms with Crippen molar-refractivity contribution in [1.29, 1.82) is 0 Å². The summed E-state index contributed by atoms with van der Waals surface area (Å²) in [5.41, 5.74) is 2.41. The molecule has 0 spiro atoms. The largest absolute Gasteiger partial charge is 0.508 e. The number of anilines is 4. The molecule has 1 aromatic heterocycles. The third-order valence-corrected chi connectivity index (χ3v) is 4.06. The smallest absolute Gasteiger partial charge is 0.229 e. The molecule has 0 amide bonds. The summed E-state index contributed by atoms with van der Waals surface area (Å²) < 4.78 is 5.20. The molecular formula is C21H18N4O2. The van der Waals surface area contributed by atoms with E-state index in [0.29, 0.717) is 17.5 Å². The van der Waals surface area contributed by atoms with Gasteiger partial charge < -0.3 is 20.5 Å². The molecule has 0 unspecified atom stereocenters. The molecule has 0 atom stereocenters. The van der Waals surface area contributed by atoms with Crippen LogP contribution in [0.5, 0.6) is 11.5 Å². The number of rotatable bonds is 5. The Hall–Kier alpha value is -3.80. The van der Waals surface area contributed by atoms with Gasteiger partial charge in [0.2, 0.25) is 5.95 Å². The summed E-state index contributed by atoms with van der Waals surface area (Å²) in [7, 11) is 1.64. The molecule has 27 heavy (non-hydrogen) atoms. The predicted octanol–water partition coefficient (Wildman–Crippen LogP) is 4.83. The number of phenolic OH excluding ortho intramolecular Hbond substituents is 1. The zero-order valence-corrected chi connectivity index (χ0v) is 14.7. The molecule has 0 aliphatic rings. The third-order valence-electron chi connectivity index (χ3n) is 4.06. The van der Waals surface area contributed by atoms with Crippen molar-refractivity contribution in [3.05, 3.63) is 72.8 Å². The average molecular weight is 358 g/mol. The van der Waals surface area contributed by atoms with Gasteiger partial charge in [0.1, 0.15) is 17.3 Å². The third kappa shape index (κ3) is 3.74. The van der Waals surface area contributed by atoms with Gasteiger partial charge in [-0.2, -0.15) is 4.98 Å². The molecular weight excluding hydrogens is 340 g/mol. The van der Waals surface area contributed by atoms with Gasteiger partial charge >= 0.3 is 0 Å². The van der Waals surface area contributed by atoms with E-state index in [9.17, 15) is 5.11 Å². The van der Waals surface area contributed by atoms with Crippen molar-refractivity contribution in [3.63, 3.8) is 0 Å². The van der Waals surface area contributed by atoms with Crippen LogP contribution in [0, 0.1) is 0 Å². The van der Waals surface area contributed by atoms with Gasteiger partial charge in [0.05, 0.1) is 12.6 Å². The van der Waals surface area contributed by atoms with E-state index in [2.05, 4.69) is 20.6 Å². The number of methoxy groups -OCH3 is 1. The molecule has 3 N–H and O–H groups in total. The molecule has 4 rings (SSSR count). The summed E-state index contributed by atoms with van der Waals surface area (Å²) in [4.78, 5) is 9.18. The van der Waals surface area contributed by atoms with Crippen LogP contribution in [0.4, 0.5) is 23.1 Å². The van der Waals surface area contributed by atoms with Crippen LogP contribution in [0.3, 0.4) is 0 Å². The van der Waals surface area contributed by atoms with Crippen molar-refractivity contribution in [2.45, 2.75) is 0 Å². The van der Waals surface area contributed by atoms with Crippen molar-refractivity contribution in [3.8, 4) is 11.5 Å². The van der Waals surface area contributed by atoms with E-state index >= 15 is 0 Å². The zero-order valence-electron chi connectivity index (χ0n) is 14.7. The van der Waals surface area contributed by atoms with E-state index in [1.807, 2.05) is 54.6 Å². The van der Waals surface area contributed by atoms with Crippen LogP contribution in [-0.4, -0.2) is 22.2 Å². The molecule has 4 aromatic rings. The number of phenols is 1. The van der Waals surface area contributed by atoms with Crippen molar-refractivity contribution in [2.24, 2.45) is 0 Å². The molecule has 0 aliphatic heterocycles. The van der Waals surface area contributed by atoms with Gasteiger partial charge in [-0.15, -0.1) is 0 Å². The number of ether oxygens (including phenoxy) is 1. The molecule has 6 nitrogen and oxygen atoms in total. The zero-order chi connectivity index (χ0) is 18.6. The highest BCUT2D eigenvalue weighted by Crippen LogP contribution is 2.27. The highest BCUT2D eigenvalue weighted by Gasteiger charge is 2.09. The van der Waals surface area contributed by atoms with Gasteiger partial charge in [-0.25, -0.2) is 4.98 Å². The SMILES string of the molecule is COc1ccc(Nc2nc(Nc3cccc(O)c3)nc3ccccc23)cc1. The van der Waals surface area contributed by atoms with Gasteiger partial charge in [0.15, 0.2) is 0 Å². The Bertz CT molecular complexity index is 1080. The van der Waals surface area contributed by atoms with Crippen LogP contribution >= 0.6 is 0 Å². The lowest BCUT2D eigenvalue weighted by molar-refractivity contribution is 0.415. The Balaban J connectivity index is 1.71. The first-order chi connectivity index (χ1) is 13.2. The molecule has 0 bridgehead atoms. The quantitative estimate of drug-likeness (QED) is 0.474. The fourth-order valence-electron chi connectivity index (χ4n) is 2.75. The monoisotopic (exact) mass is 358 g/mol. The van der Waals surface area contributed by atoms with E-state index in [1.165, 1.54) is 0 Å². The molecule has 6 heteroatoms. The number of para-hydroxylation sites is 1. The van der Waals surface area contributed by atoms with Gasteiger partial charge in [-0.1, -0.05) is 18.2 Å². The van der Waals surface area contributed by atoms with Crippen molar-refractivity contribution < 1.29 is 9.84 Å². The maximum Gasteiger partial charge on any atom is 0.229 e. The minimum Gasteiger partial charge on any atom is -0.508 e. The molecule has 1 heterocycles. The summed E-state index contributed by atoms with van der Waals surface area (Å²) in [6.07, 6.45) is 0. The predicted molar refractivity (Wildman–Crippen MR) is 107 cm³/mol. The maximum absolute atomic E-state index is 9.65. The second kappa shape index (κ2) is 7.21. The van der Waals surface area contributed by atoms with Crippen molar-refractivity contribution in [1.82, 2.24) is 9.97 Å². The lowest BCUT2D eigenvalue weighted by Gasteiger charge is -2.12. The first kappa shape index (κ1) is 16.7. The summed E-state index contributed by atoms with van der Waals surface area (Å²) in [5.74, 6) is 2.10. The molecule has 134 valence electrons. The van der Waals surface area contributed by atoms with Crippen LogP contribution in [0.1, 0.15) is 0 Å². The van der Waals surface area contributed by atoms with Gasteiger partial charge in [-0.05, 0) is 48.5 Å². The topological polar surface area (TPSA) is 79.3 Å². The second-order valence-electron chi connectivity index (χ2n) is 5.94. The van der Waals surface area contributed by atoms with Crippen LogP contribution in [0.15, 0.2) is 72.8 Å². The van der Waals surface area contributed by atoms with E-state index in [4.69, 9.17) is 4.74 Å². The van der Waals surface area contributed by atoms with Crippen LogP contribution in [0.2, 0.25) is 0 Å². The summed E-state index contributed by atoms with van der Waals surface area (Å²) in [5, 5.41) is 17.0. The van der Waals surface area contributed by atoms with E-state index < -0.39 is 0 Å². The minimum atomic E-state index is 0.178. The number of nitrogens with one attached hydrogen (secondary N) is 2. The number of benzene rings is 3. The Morgan fingerprint density at radius 2 is 1.63 bits per heavy atom. The standard InChI is InChI=1S/C21H18N4O2/c1-27-17-11-9-14(10-12-17)22-20-18-7-2-3-8-19(18)24-21(25-20)23-15-5-4-6-16(26)13-15/h2-13,26H,1H3,(H2,22,23,24,25). The number of hydrogen-bond acceptors (Lipinski definition) is 6. The summed E-state index contributed by atoms with van der Waals surface area (Å²) in [6, 6.07) is 22.3. The van der Waals surface area contributed by atoms with Gasteiger partial charge in [0, 0.05) is 22.8 Å². The van der Waals surface area contributed by atoms with Crippen LogP contribution in [-0.2, 0) is 0 Å². The normalized spacial score (nSPS) is 10.6. The summed E-state index contributed by atoms with van der Waals surface area (Å²) >= 11 is 0.